The van der Waals surface area contributed by atoms with Crippen LogP contribution in [0.15, 0.2) is 0 Å². The predicted octanol–water partition coefficient (Wildman–Crippen LogP) is 0.407. The third-order valence-electron chi connectivity index (χ3n) is 3.85. The SMILES string of the molecule is CCCCOC(=O)NN1CCN(C2CCNC2)CC1. The number of hydrogen-bond donors (Lipinski definition) is 2. The highest BCUT2D eigenvalue weighted by atomic mass is 16.6. The number of unbranched alkanes of at least 4 members (excludes halogenated alkanes) is 1. The number of amides is 1. The Morgan fingerprint density at radius 3 is 2.79 bits per heavy atom. The number of carbonyl (C=O) groups excluding carboxylic acids is 1. The van der Waals surface area contributed by atoms with Gasteiger partial charge in [-0.05, 0) is 19.4 Å². The molecule has 0 bridgehead atoms. The molecule has 0 radical (unpaired) electrons. The van der Waals surface area contributed by atoms with Crippen LogP contribution in [0.25, 0.3) is 0 Å². The fraction of sp³-hybridized carbons (Fsp3) is 0.923. The zero-order chi connectivity index (χ0) is 13.5. The summed E-state index contributed by atoms with van der Waals surface area (Å²) in [6.07, 6.45) is 2.90. The number of carbonyl (C=O) groups is 1. The molecule has 0 aromatic heterocycles. The number of rotatable bonds is 5. The first-order chi connectivity index (χ1) is 9.29. The summed E-state index contributed by atoms with van der Waals surface area (Å²) in [6, 6.07) is 0.679. The van der Waals surface area contributed by atoms with Crippen LogP contribution in [0.4, 0.5) is 4.79 Å². The van der Waals surface area contributed by atoms with E-state index in [1.165, 1.54) is 6.42 Å². The summed E-state index contributed by atoms with van der Waals surface area (Å²) in [4.78, 5) is 14.0. The first kappa shape index (κ1) is 14.6. The van der Waals surface area contributed by atoms with Gasteiger partial charge in [0.1, 0.15) is 0 Å². The summed E-state index contributed by atoms with van der Waals surface area (Å²) in [5, 5.41) is 5.36. The molecule has 110 valence electrons. The van der Waals surface area contributed by atoms with E-state index in [2.05, 4.69) is 22.6 Å². The van der Waals surface area contributed by atoms with Gasteiger partial charge in [0.25, 0.3) is 0 Å². The van der Waals surface area contributed by atoms with Crippen molar-refractivity contribution in [3.8, 4) is 0 Å². The van der Waals surface area contributed by atoms with Crippen molar-refractivity contribution in [2.45, 2.75) is 32.2 Å². The average molecular weight is 270 g/mol. The van der Waals surface area contributed by atoms with Crippen LogP contribution >= 0.6 is 0 Å². The van der Waals surface area contributed by atoms with Crippen LogP contribution in [0.3, 0.4) is 0 Å². The van der Waals surface area contributed by atoms with Gasteiger partial charge in [-0.15, -0.1) is 0 Å². The topological polar surface area (TPSA) is 56.8 Å². The summed E-state index contributed by atoms with van der Waals surface area (Å²) in [5.74, 6) is 0. The standard InChI is InChI=1S/C13H26N4O2/c1-2-3-10-19-13(18)15-17-8-6-16(7-9-17)12-4-5-14-11-12/h12,14H,2-11H2,1H3,(H,15,18). The molecular weight excluding hydrogens is 244 g/mol. The van der Waals surface area contributed by atoms with Crippen LogP contribution in [0, 0.1) is 0 Å². The number of nitrogens with one attached hydrogen (secondary N) is 2. The maximum atomic E-state index is 11.5. The highest BCUT2D eigenvalue weighted by molar-refractivity contribution is 5.66. The Hall–Kier alpha value is -0.850. The van der Waals surface area contributed by atoms with E-state index in [9.17, 15) is 4.79 Å². The van der Waals surface area contributed by atoms with Crippen molar-refractivity contribution in [3.05, 3.63) is 0 Å². The van der Waals surface area contributed by atoms with Crippen LogP contribution in [0.2, 0.25) is 0 Å². The number of nitrogens with zero attached hydrogens (tertiary/aromatic N) is 2. The second kappa shape index (κ2) is 7.67. The van der Waals surface area contributed by atoms with Crippen molar-refractivity contribution in [1.82, 2.24) is 20.7 Å². The van der Waals surface area contributed by atoms with E-state index in [0.29, 0.717) is 12.6 Å². The van der Waals surface area contributed by atoms with E-state index in [1.54, 1.807) is 0 Å². The second-order valence-electron chi connectivity index (χ2n) is 5.27. The Labute approximate surface area is 115 Å². The Bertz CT molecular complexity index is 274. The molecule has 2 N–H and O–H groups in total. The molecule has 1 atom stereocenters. The highest BCUT2D eigenvalue weighted by Crippen LogP contribution is 2.10. The molecule has 6 nitrogen and oxygen atoms in total. The van der Waals surface area contributed by atoms with Crippen LogP contribution in [-0.4, -0.2) is 67.9 Å². The Morgan fingerprint density at radius 2 is 2.16 bits per heavy atom. The first-order valence-electron chi connectivity index (χ1n) is 7.42. The molecule has 2 fully saturated rings. The van der Waals surface area contributed by atoms with Gasteiger partial charge in [-0.1, -0.05) is 13.3 Å². The van der Waals surface area contributed by atoms with Crippen molar-refractivity contribution < 1.29 is 9.53 Å². The molecule has 2 heterocycles. The number of hydrogen-bond acceptors (Lipinski definition) is 5. The lowest BCUT2D eigenvalue weighted by Crippen LogP contribution is -2.56. The van der Waals surface area contributed by atoms with Crippen molar-refractivity contribution in [2.24, 2.45) is 0 Å². The minimum absolute atomic E-state index is 0.315. The van der Waals surface area contributed by atoms with Gasteiger partial charge in [-0.25, -0.2) is 9.80 Å². The van der Waals surface area contributed by atoms with Crippen molar-refractivity contribution >= 4 is 6.09 Å². The van der Waals surface area contributed by atoms with Gasteiger partial charge in [0.2, 0.25) is 0 Å². The largest absolute Gasteiger partial charge is 0.449 e. The van der Waals surface area contributed by atoms with Crippen molar-refractivity contribution in [1.29, 1.82) is 0 Å². The third kappa shape index (κ3) is 4.63. The number of piperazine rings is 1. The van der Waals surface area contributed by atoms with Crippen LogP contribution in [0.5, 0.6) is 0 Å². The van der Waals surface area contributed by atoms with Crippen LogP contribution in [0.1, 0.15) is 26.2 Å². The van der Waals surface area contributed by atoms with E-state index in [1.807, 2.05) is 5.01 Å². The first-order valence-corrected chi connectivity index (χ1v) is 7.42. The molecule has 0 aromatic carbocycles. The third-order valence-corrected chi connectivity index (χ3v) is 3.85. The van der Waals surface area contributed by atoms with Crippen LogP contribution < -0.4 is 10.7 Å². The number of hydrazine groups is 1. The minimum Gasteiger partial charge on any atom is -0.449 e. The summed E-state index contributed by atoms with van der Waals surface area (Å²) >= 11 is 0. The fourth-order valence-corrected chi connectivity index (χ4v) is 2.62. The average Bonchev–Trinajstić information content (AvgIpc) is 2.94. The monoisotopic (exact) mass is 270 g/mol. The Balaban J connectivity index is 1.61. The molecule has 2 saturated heterocycles. The Morgan fingerprint density at radius 1 is 1.37 bits per heavy atom. The Kier molecular flexibility index (Phi) is 5.88. The predicted molar refractivity (Wildman–Crippen MR) is 73.8 cm³/mol. The molecular formula is C13H26N4O2. The van der Waals surface area contributed by atoms with E-state index in [-0.39, 0.29) is 6.09 Å². The normalized spacial score (nSPS) is 25.4. The van der Waals surface area contributed by atoms with E-state index >= 15 is 0 Å². The van der Waals surface area contributed by atoms with E-state index < -0.39 is 0 Å². The van der Waals surface area contributed by atoms with Crippen molar-refractivity contribution in [2.75, 3.05) is 45.9 Å². The van der Waals surface area contributed by atoms with Gasteiger partial charge < -0.3 is 10.1 Å². The smallest absolute Gasteiger partial charge is 0.421 e. The molecule has 0 spiro atoms. The van der Waals surface area contributed by atoms with Gasteiger partial charge in [0.15, 0.2) is 0 Å². The molecule has 19 heavy (non-hydrogen) atoms. The van der Waals surface area contributed by atoms with Gasteiger partial charge in [0, 0.05) is 38.8 Å². The van der Waals surface area contributed by atoms with E-state index in [0.717, 1.165) is 52.1 Å². The molecule has 6 heteroatoms. The lowest BCUT2D eigenvalue weighted by atomic mass is 10.2. The van der Waals surface area contributed by atoms with Gasteiger partial charge >= 0.3 is 6.09 Å². The van der Waals surface area contributed by atoms with Crippen molar-refractivity contribution in [3.63, 3.8) is 0 Å². The molecule has 1 amide bonds. The highest BCUT2D eigenvalue weighted by Gasteiger charge is 2.26. The lowest BCUT2D eigenvalue weighted by Gasteiger charge is -2.37. The molecule has 0 saturated carbocycles. The second-order valence-corrected chi connectivity index (χ2v) is 5.27. The zero-order valence-electron chi connectivity index (χ0n) is 11.9. The molecule has 0 aromatic rings. The summed E-state index contributed by atoms with van der Waals surface area (Å²) in [6.45, 7) is 8.61. The molecule has 1 unspecified atom stereocenters. The lowest BCUT2D eigenvalue weighted by molar-refractivity contribution is 0.0556. The number of ether oxygens (including phenoxy) is 1. The maximum absolute atomic E-state index is 11.5. The fourth-order valence-electron chi connectivity index (χ4n) is 2.62. The molecule has 2 aliphatic heterocycles. The molecule has 2 rings (SSSR count). The minimum atomic E-state index is -0.315. The van der Waals surface area contributed by atoms with Gasteiger partial charge in [-0.3, -0.25) is 10.3 Å². The molecule has 0 aliphatic carbocycles. The van der Waals surface area contributed by atoms with E-state index in [4.69, 9.17) is 4.74 Å². The summed E-state index contributed by atoms with van der Waals surface area (Å²) < 4.78 is 5.10. The zero-order valence-corrected chi connectivity index (χ0v) is 11.9. The molecule has 2 aliphatic rings. The van der Waals surface area contributed by atoms with Gasteiger partial charge in [-0.2, -0.15) is 0 Å². The quantitative estimate of drug-likeness (QED) is 0.709. The van der Waals surface area contributed by atoms with Gasteiger partial charge in [0.05, 0.1) is 6.61 Å². The maximum Gasteiger partial charge on any atom is 0.421 e. The van der Waals surface area contributed by atoms with Crippen LogP contribution in [-0.2, 0) is 4.74 Å². The summed E-state index contributed by atoms with van der Waals surface area (Å²) in [7, 11) is 0. The summed E-state index contributed by atoms with van der Waals surface area (Å²) in [5.41, 5.74) is 2.82.